The van der Waals surface area contributed by atoms with E-state index in [0.717, 1.165) is 10.9 Å². The Morgan fingerprint density at radius 2 is 2.06 bits per heavy atom. The Bertz CT molecular complexity index is 566. The highest BCUT2D eigenvalue weighted by Crippen LogP contribution is 2.23. The fourth-order valence-electron chi connectivity index (χ4n) is 1.59. The van der Waals surface area contributed by atoms with Crippen LogP contribution in [0.3, 0.4) is 0 Å². The van der Waals surface area contributed by atoms with Crippen molar-refractivity contribution in [2.75, 3.05) is 0 Å². The molecular formula is C13H14N2OS. The molecule has 0 saturated carbocycles. The van der Waals surface area contributed by atoms with E-state index in [4.69, 9.17) is 22.7 Å². The zero-order chi connectivity index (χ0) is 12.4. The minimum Gasteiger partial charge on any atom is -0.474 e. The third kappa shape index (κ3) is 2.53. The number of para-hydroxylation sites is 1. The second-order valence-corrected chi connectivity index (χ2v) is 4.50. The molecule has 0 bridgehead atoms. The Labute approximate surface area is 106 Å². The largest absolute Gasteiger partial charge is 0.474 e. The lowest BCUT2D eigenvalue weighted by atomic mass is 10.1. The van der Waals surface area contributed by atoms with E-state index >= 15 is 0 Å². The van der Waals surface area contributed by atoms with Crippen molar-refractivity contribution in [2.24, 2.45) is 5.73 Å². The number of nitrogens with zero attached hydrogens (tertiary/aromatic N) is 1. The van der Waals surface area contributed by atoms with Gasteiger partial charge in [-0.2, -0.15) is 0 Å². The van der Waals surface area contributed by atoms with Crippen molar-refractivity contribution in [3.05, 3.63) is 35.9 Å². The third-order valence-corrected chi connectivity index (χ3v) is 2.52. The SMILES string of the molecule is CC(C)Oc1nc2ccccc2cc1C(N)=S. The molecule has 0 saturated heterocycles. The summed E-state index contributed by atoms with van der Waals surface area (Å²) in [5.41, 5.74) is 7.26. The zero-order valence-corrected chi connectivity index (χ0v) is 10.6. The van der Waals surface area contributed by atoms with Gasteiger partial charge in [-0.1, -0.05) is 30.4 Å². The van der Waals surface area contributed by atoms with E-state index in [-0.39, 0.29) is 6.10 Å². The molecule has 1 aromatic carbocycles. The molecule has 0 atom stereocenters. The average Bonchev–Trinajstić information content (AvgIpc) is 2.27. The van der Waals surface area contributed by atoms with Crippen LogP contribution in [-0.2, 0) is 0 Å². The van der Waals surface area contributed by atoms with Crippen molar-refractivity contribution >= 4 is 28.1 Å². The van der Waals surface area contributed by atoms with Gasteiger partial charge in [0.25, 0.3) is 0 Å². The molecule has 2 aromatic rings. The molecule has 0 aliphatic heterocycles. The van der Waals surface area contributed by atoms with Crippen LogP contribution in [0.25, 0.3) is 10.9 Å². The predicted octanol–water partition coefficient (Wildman–Crippen LogP) is 2.66. The van der Waals surface area contributed by atoms with Crippen molar-refractivity contribution in [3.8, 4) is 5.88 Å². The minimum atomic E-state index is 0.0387. The van der Waals surface area contributed by atoms with E-state index < -0.39 is 0 Å². The summed E-state index contributed by atoms with van der Waals surface area (Å²) >= 11 is 5.02. The van der Waals surface area contributed by atoms with Crippen LogP contribution in [-0.4, -0.2) is 16.1 Å². The third-order valence-electron chi connectivity index (χ3n) is 2.30. The van der Waals surface area contributed by atoms with E-state index in [0.29, 0.717) is 16.4 Å². The van der Waals surface area contributed by atoms with Crippen LogP contribution >= 0.6 is 12.2 Å². The van der Waals surface area contributed by atoms with Gasteiger partial charge in [0.1, 0.15) is 4.99 Å². The van der Waals surface area contributed by atoms with E-state index in [1.807, 2.05) is 44.2 Å². The number of thiocarbonyl (C=S) groups is 1. The molecule has 0 fully saturated rings. The molecule has 0 aliphatic carbocycles. The van der Waals surface area contributed by atoms with Crippen LogP contribution in [0.15, 0.2) is 30.3 Å². The van der Waals surface area contributed by atoms with E-state index in [9.17, 15) is 0 Å². The fraction of sp³-hybridized carbons (Fsp3) is 0.231. The van der Waals surface area contributed by atoms with Crippen molar-refractivity contribution in [1.29, 1.82) is 0 Å². The Morgan fingerprint density at radius 3 is 2.71 bits per heavy atom. The Kier molecular flexibility index (Phi) is 3.24. The Balaban J connectivity index is 2.62. The average molecular weight is 246 g/mol. The van der Waals surface area contributed by atoms with Gasteiger partial charge >= 0.3 is 0 Å². The molecule has 1 heterocycles. The lowest BCUT2D eigenvalue weighted by Gasteiger charge is -2.13. The molecule has 17 heavy (non-hydrogen) atoms. The van der Waals surface area contributed by atoms with Gasteiger partial charge in [-0.3, -0.25) is 0 Å². The molecule has 88 valence electrons. The van der Waals surface area contributed by atoms with Crippen molar-refractivity contribution < 1.29 is 4.74 Å². The monoisotopic (exact) mass is 246 g/mol. The molecule has 2 N–H and O–H groups in total. The molecule has 0 spiro atoms. The summed E-state index contributed by atoms with van der Waals surface area (Å²) in [7, 11) is 0. The molecule has 0 unspecified atom stereocenters. The maximum atomic E-state index is 5.69. The van der Waals surface area contributed by atoms with Crippen LogP contribution in [0.2, 0.25) is 0 Å². The molecule has 4 heteroatoms. The quantitative estimate of drug-likeness (QED) is 0.846. The van der Waals surface area contributed by atoms with Gasteiger partial charge in [0, 0.05) is 5.39 Å². The number of fused-ring (bicyclic) bond motifs is 1. The Morgan fingerprint density at radius 1 is 1.35 bits per heavy atom. The number of benzene rings is 1. The number of aromatic nitrogens is 1. The van der Waals surface area contributed by atoms with Crippen LogP contribution in [0.1, 0.15) is 19.4 Å². The topological polar surface area (TPSA) is 48.1 Å². The second-order valence-electron chi connectivity index (χ2n) is 4.06. The van der Waals surface area contributed by atoms with Gasteiger partial charge in [0.15, 0.2) is 0 Å². The maximum Gasteiger partial charge on any atom is 0.224 e. The van der Waals surface area contributed by atoms with E-state index in [1.165, 1.54) is 0 Å². The van der Waals surface area contributed by atoms with Crippen molar-refractivity contribution in [3.63, 3.8) is 0 Å². The lowest BCUT2D eigenvalue weighted by molar-refractivity contribution is 0.233. The molecule has 2 rings (SSSR count). The number of pyridine rings is 1. The highest BCUT2D eigenvalue weighted by molar-refractivity contribution is 7.80. The zero-order valence-electron chi connectivity index (χ0n) is 9.81. The van der Waals surface area contributed by atoms with E-state index in [1.54, 1.807) is 0 Å². The summed E-state index contributed by atoms with van der Waals surface area (Å²) in [5, 5.41) is 1.01. The van der Waals surface area contributed by atoms with E-state index in [2.05, 4.69) is 4.98 Å². The van der Waals surface area contributed by atoms with Crippen molar-refractivity contribution in [1.82, 2.24) is 4.98 Å². The smallest absolute Gasteiger partial charge is 0.224 e. The highest BCUT2D eigenvalue weighted by Gasteiger charge is 2.11. The summed E-state index contributed by atoms with van der Waals surface area (Å²) in [5.74, 6) is 0.506. The number of hydrogen-bond acceptors (Lipinski definition) is 3. The predicted molar refractivity (Wildman–Crippen MR) is 73.4 cm³/mol. The van der Waals surface area contributed by atoms with Gasteiger partial charge in [0.05, 0.1) is 17.2 Å². The van der Waals surface area contributed by atoms with Crippen molar-refractivity contribution in [2.45, 2.75) is 20.0 Å². The molecular weight excluding hydrogens is 232 g/mol. The van der Waals surface area contributed by atoms with Gasteiger partial charge in [-0.05, 0) is 26.0 Å². The second kappa shape index (κ2) is 4.67. The van der Waals surface area contributed by atoms with Crippen LogP contribution < -0.4 is 10.5 Å². The number of nitrogens with two attached hydrogens (primary N) is 1. The molecule has 3 nitrogen and oxygen atoms in total. The maximum absolute atomic E-state index is 5.69. The highest BCUT2D eigenvalue weighted by atomic mass is 32.1. The molecule has 1 aromatic heterocycles. The summed E-state index contributed by atoms with van der Waals surface area (Å²) in [6.07, 6.45) is 0.0387. The lowest BCUT2D eigenvalue weighted by Crippen LogP contribution is -2.15. The van der Waals surface area contributed by atoms with Gasteiger partial charge in [-0.25, -0.2) is 4.98 Å². The molecule has 0 aliphatic rings. The van der Waals surface area contributed by atoms with Crippen LogP contribution in [0, 0.1) is 0 Å². The first-order valence-corrected chi connectivity index (χ1v) is 5.85. The minimum absolute atomic E-state index is 0.0387. The molecule has 0 amide bonds. The summed E-state index contributed by atoms with van der Waals surface area (Å²) in [6.45, 7) is 3.89. The van der Waals surface area contributed by atoms with Gasteiger partial charge < -0.3 is 10.5 Å². The summed E-state index contributed by atoms with van der Waals surface area (Å²) in [4.78, 5) is 4.75. The summed E-state index contributed by atoms with van der Waals surface area (Å²) < 4.78 is 5.64. The fourth-order valence-corrected chi connectivity index (χ4v) is 1.73. The Hall–Kier alpha value is -1.68. The first-order valence-electron chi connectivity index (χ1n) is 5.44. The first kappa shape index (κ1) is 11.8. The first-order chi connectivity index (χ1) is 8.08. The normalized spacial score (nSPS) is 10.8. The standard InChI is InChI=1S/C13H14N2OS/c1-8(2)16-13-10(12(14)17)7-9-5-3-4-6-11(9)15-13/h3-8H,1-2H3,(H2,14,17). The van der Waals surface area contributed by atoms with Gasteiger partial charge in [-0.15, -0.1) is 0 Å². The van der Waals surface area contributed by atoms with Crippen LogP contribution in [0.4, 0.5) is 0 Å². The molecule has 0 radical (unpaired) electrons. The number of ether oxygens (including phenoxy) is 1. The number of hydrogen-bond donors (Lipinski definition) is 1. The number of rotatable bonds is 3. The van der Waals surface area contributed by atoms with Gasteiger partial charge in [0.2, 0.25) is 5.88 Å². The summed E-state index contributed by atoms with van der Waals surface area (Å²) in [6, 6.07) is 9.72. The van der Waals surface area contributed by atoms with Crippen LogP contribution in [0.5, 0.6) is 5.88 Å².